The molecule has 6 nitrogen and oxygen atoms in total. The fraction of sp³-hybridized carbons (Fsp3) is 0.714. The highest BCUT2D eigenvalue weighted by Gasteiger charge is 2.22. The molecule has 1 fully saturated rings. The van der Waals surface area contributed by atoms with Crippen LogP contribution in [0.25, 0.3) is 0 Å². The van der Waals surface area contributed by atoms with E-state index in [1.165, 1.54) is 0 Å². The van der Waals surface area contributed by atoms with Crippen LogP contribution in [0.2, 0.25) is 0 Å². The summed E-state index contributed by atoms with van der Waals surface area (Å²) in [6, 6.07) is 1.75. The van der Waals surface area contributed by atoms with Crippen molar-refractivity contribution in [2.24, 2.45) is 5.41 Å². The fourth-order valence-electron chi connectivity index (χ4n) is 1.84. The maximum atomic E-state index is 9.39. The van der Waals surface area contributed by atoms with E-state index in [2.05, 4.69) is 14.9 Å². The first-order valence-electron chi connectivity index (χ1n) is 7.06. The zero-order chi connectivity index (χ0) is 14.4. The van der Waals surface area contributed by atoms with Crippen molar-refractivity contribution < 1.29 is 14.6 Å². The Hall–Kier alpha value is -1.40. The summed E-state index contributed by atoms with van der Waals surface area (Å²) in [5, 5.41) is 9.39. The number of ether oxygens (including phenoxy) is 2. The zero-order valence-electron chi connectivity index (χ0n) is 12.2. The molecule has 6 heteroatoms. The van der Waals surface area contributed by atoms with Gasteiger partial charge in [-0.3, -0.25) is 0 Å². The summed E-state index contributed by atoms with van der Waals surface area (Å²) in [5.41, 5.74) is -0.232. The van der Waals surface area contributed by atoms with E-state index in [-0.39, 0.29) is 12.0 Å². The number of aliphatic hydroxyl groups is 1. The SMILES string of the molecule is CCC(C)(CO)COc1ccnc(N2CCOCC2)n1. The molecule has 1 unspecified atom stereocenters. The highest BCUT2D eigenvalue weighted by atomic mass is 16.5. The van der Waals surface area contributed by atoms with Crippen molar-refractivity contribution >= 4 is 5.95 Å². The summed E-state index contributed by atoms with van der Waals surface area (Å²) in [6.07, 6.45) is 2.56. The molecular formula is C14H23N3O3. The topological polar surface area (TPSA) is 67.7 Å². The van der Waals surface area contributed by atoms with Gasteiger partial charge in [-0.1, -0.05) is 13.8 Å². The molecule has 1 aliphatic heterocycles. The third-order valence-electron chi connectivity index (χ3n) is 3.72. The van der Waals surface area contributed by atoms with Crippen molar-refractivity contribution in [2.75, 3.05) is 44.4 Å². The average Bonchev–Trinajstić information content (AvgIpc) is 2.54. The Kier molecular flexibility index (Phi) is 5.14. The van der Waals surface area contributed by atoms with Crippen LogP contribution in [0.5, 0.6) is 5.88 Å². The smallest absolute Gasteiger partial charge is 0.228 e. The molecule has 0 aliphatic carbocycles. The van der Waals surface area contributed by atoms with Crippen molar-refractivity contribution in [1.29, 1.82) is 0 Å². The largest absolute Gasteiger partial charge is 0.477 e. The zero-order valence-corrected chi connectivity index (χ0v) is 12.2. The first-order valence-corrected chi connectivity index (χ1v) is 7.06. The van der Waals surface area contributed by atoms with Crippen LogP contribution in [0.1, 0.15) is 20.3 Å². The van der Waals surface area contributed by atoms with Gasteiger partial charge in [-0.2, -0.15) is 4.98 Å². The van der Waals surface area contributed by atoms with Crippen molar-refractivity contribution in [3.8, 4) is 5.88 Å². The molecule has 0 saturated carbocycles. The first-order chi connectivity index (χ1) is 9.67. The van der Waals surface area contributed by atoms with Crippen LogP contribution >= 0.6 is 0 Å². The molecule has 1 N–H and O–H groups in total. The minimum Gasteiger partial charge on any atom is -0.477 e. The number of rotatable bonds is 6. The summed E-state index contributed by atoms with van der Waals surface area (Å²) < 4.78 is 11.0. The molecule has 1 aromatic heterocycles. The van der Waals surface area contributed by atoms with Gasteiger partial charge in [0.2, 0.25) is 11.8 Å². The Labute approximate surface area is 119 Å². The number of anilines is 1. The van der Waals surface area contributed by atoms with E-state index < -0.39 is 0 Å². The second-order valence-electron chi connectivity index (χ2n) is 5.41. The molecule has 0 amide bonds. The minimum absolute atomic E-state index is 0.102. The van der Waals surface area contributed by atoms with E-state index in [9.17, 15) is 5.11 Å². The molecule has 112 valence electrons. The lowest BCUT2D eigenvalue weighted by Crippen LogP contribution is -2.37. The van der Waals surface area contributed by atoms with Crippen LogP contribution in [-0.2, 0) is 4.74 Å². The molecule has 0 aromatic carbocycles. The molecule has 0 spiro atoms. The quantitative estimate of drug-likeness (QED) is 0.842. The summed E-state index contributed by atoms with van der Waals surface area (Å²) in [4.78, 5) is 10.8. The number of aliphatic hydroxyl groups excluding tert-OH is 1. The van der Waals surface area contributed by atoms with Gasteiger partial charge >= 0.3 is 0 Å². The molecular weight excluding hydrogens is 258 g/mol. The molecule has 1 aromatic rings. The predicted molar refractivity (Wildman–Crippen MR) is 76.0 cm³/mol. The fourth-order valence-corrected chi connectivity index (χ4v) is 1.84. The van der Waals surface area contributed by atoms with E-state index in [1.807, 2.05) is 13.8 Å². The Morgan fingerprint density at radius 3 is 2.85 bits per heavy atom. The number of nitrogens with zero attached hydrogens (tertiary/aromatic N) is 3. The van der Waals surface area contributed by atoms with Crippen LogP contribution in [-0.4, -0.2) is 54.6 Å². The number of hydrogen-bond acceptors (Lipinski definition) is 6. The molecule has 0 bridgehead atoms. The van der Waals surface area contributed by atoms with Crippen LogP contribution in [0.4, 0.5) is 5.95 Å². The van der Waals surface area contributed by atoms with Crippen LogP contribution in [0.3, 0.4) is 0 Å². The van der Waals surface area contributed by atoms with Gasteiger partial charge in [-0.25, -0.2) is 4.98 Å². The molecule has 2 heterocycles. The number of hydrogen-bond donors (Lipinski definition) is 1. The van der Waals surface area contributed by atoms with Crippen molar-refractivity contribution in [3.63, 3.8) is 0 Å². The van der Waals surface area contributed by atoms with E-state index >= 15 is 0 Å². The summed E-state index contributed by atoms with van der Waals surface area (Å²) in [7, 11) is 0. The van der Waals surface area contributed by atoms with Gasteiger partial charge < -0.3 is 19.5 Å². The van der Waals surface area contributed by atoms with Crippen molar-refractivity contribution in [1.82, 2.24) is 9.97 Å². The molecule has 1 saturated heterocycles. The summed E-state index contributed by atoms with van der Waals surface area (Å²) in [6.45, 7) is 7.58. The lowest BCUT2D eigenvalue weighted by Gasteiger charge is -2.27. The van der Waals surface area contributed by atoms with Crippen molar-refractivity contribution in [2.45, 2.75) is 20.3 Å². The van der Waals surface area contributed by atoms with Crippen LogP contribution in [0.15, 0.2) is 12.3 Å². The van der Waals surface area contributed by atoms with Gasteiger partial charge in [0.05, 0.1) is 26.4 Å². The molecule has 1 aliphatic rings. The standard InChI is InChI=1S/C14H23N3O3/c1-3-14(2,10-18)11-20-12-4-5-15-13(16-12)17-6-8-19-9-7-17/h4-5,18H,3,6-11H2,1-2H3. The molecule has 1 atom stereocenters. The molecule has 2 rings (SSSR count). The van der Waals surface area contributed by atoms with Gasteiger partial charge in [0, 0.05) is 30.8 Å². The Morgan fingerprint density at radius 2 is 2.20 bits per heavy atom. The highest BCUT2D eigenvalue weighted by molar-refractivity contribution is 5.32. The third kappa shape index (κ3) is 3.80. The highest BCUT2D eigenvalue weighted by Crippen LogP contribution is 2.22. The Bertz CT molecular complexity index is 418. The van der Waals surface area contributed by atoms with E-state index in [0.717, 1.165) is 19.5 Å². The van der Waals surface area contributed by atoms with E-state index in [1.54, 1.807) is 12.3 Å². The third-order valence-corrected chi connectivity index (χ3v) is 3.72. The first kappa shape index (κ1) is 15.0. The average molecular weight is 281 g/mol. The molecule has 20 heavy (non-hydrogen) atoms. The maximum absolute atomic E-state index is 9.39. The van der Waals surface area contributed by atoms with Gasteiger partial charge in [-0.15, -0.1) is 0 Å². The van der Waals surface area contributed by atoms with Gasteiger partial charge in [0.1, 0.15) is 0 Å². The lowest BCUT2D eigenvalue weighted by molar-refractivity contribution is 0.0761. The van der Waals surface area contributed by atoms with Crippen molar-refractivity contribution in [3.05, 3.63) is 12.3 Å². The number of morpholine rings is 1. The Morgan fingerprint density at radius 1 is 1.45 bits per heavy atom. The van der Waals surface area contributed by atoms with E-state index in [0.29, 0.717) is 31.6 Å². The lowest BCUT2D eigenvalue weighted by atomic mass is 9.90. The maximum Gasteiger partial charge on any atom is 0.228 e. The Balaban J connectivity index is 1.98. The van der Waals surface area contributed by atoms with Gasteiger partial charge in [0.15, 0.2) is 0 Å². The van der Waals surface area contributed by atoms with Crippen LogP contribution in [0, 0.1) is 5.41 Å². The van der Waals surface area contributed by atoms with E-state index in [4.69, 9.17) is 9.47 Å². The predicted octanol–water partition coefficient (Wildman–Crippen LogP) is 1.10. The van der Waals surface area contributed by atoms with Gasteiger partial charge in [-0.05, 0) is 6.42 Å². The monoisotopic (exact) mass is 281 g/mol. The number of aromatic nitrogens is 2. The summed E-state index contributed by atoms with van der Waals surface area (Å²) >= 11 is 0. The normalized spacial score (nSPS) is 18.6. The van der Waals surface area contributed by atoms with Gasteiger partial charge in [0.25, 0.3) is 0 Å². The minimum atomic E-state index is -0.232. The molecule has 0 radical (unpaired) electrons. The van der Waals surface area contributed by atoms with Crippen LogP contribution < -0.4 is 9.64 Å². The second kappa shape index (κ2) is 6.85. The summed E-state index contributed by atoms with van der Waals surface area (Å²) in [5.74, 6) is 1.22. The second-order valence-corrected chi connectivity index (χ2v) is 5.41.